The highest BCUT2D eigenvalue weighted by molar-refractivity contribution is 5.49. The molecule has 0 saturated heterocycles. The molecule has 0 aliphatic heterocycles. The van der Waals surface area contributed by atoms with E-state index in [0.717, 1.165) is 0 Å². The minimum Gasteiger partial charge on any atom is -0.493 e. The van der Waals surface area contributed by atoms with Gasteiger partial charge in [0.2, 0.25) is 0 Å². The average molecular weight is 180 g/mol. The average Bonchev–Trinajstić information content (AvgIpc) is 2.62. The normalized spacial score (nSPS) is 10.3. The van der Waals surface area contributed by atoms with E-state index in [9.17, 15) is 0 Å². The Hall–Kier alpha value is -1.85. The van der Waals surface area contributed by atoms with Gasteiger partial charge >= 0.3 is 0 Å². The third-order valence-electron chi connectivity index (χ3n) is 1.70. The van der Waals surface area contributed by atoms with Gasteiger partial charge in [-0.3, -0.25) is 0 Å². The van der Waals surface area contributed by atoms with Gasteiger partial charge in [0.05, 0.1) is 20.4 Å². The van der Waals surface area contributed by atoms with Gasteiger partial charge in [-0.2, -0.15) is 4.52 Å². The molecular formula is C7H8N4O2. The van der Waals surface area contributed by atoms with E-state index in [0.29, 0.717) is 17.1 Å². The number of hydrogen-bond acceptors (Lipinski definition) is 5. The van der Waals surface area contributed by atoms with Gasteiger partial charge in [-0.15, -0.1) is 5.10 Å². The molecule has 0 N–H and O–H groups in total. The lowest BCUT2D eigenvalue weighted by molar-refractivity contribution is 0.352. The van der Waals surface area contributed by atoms with Crippen molar-refractivity contribution in [2.24, 2.45) is 0 Å². The molecule has 0 aliphatic carbocycles. The monoisotopic (exact) mass is 180 g/mol. The highest BCUT2D eigenvalue weighted by Crippen LogP contribution is 2.26. The summed E-state index contributed by atoms with van der Waals surface area (Å²) in [6, 6.07) is 1.71. The number of tetrazole rings is 1. The van der Waals surface area contributed by atoms with Crippen LogP contribution in [0.1, 0.15) is 0 Å². The number of aromatic nitrogens is 4. The standard InChI is InChI=1S/C7H8N4O2/c1-12-5-3-7-8-9-10-11(7)4-6(5)13-2/h3-4H,1-2H3. The largest absolute Gasteiger partial charge is 0.493 e. The first kappa shape index (κ1) is 7.78. The molecule has 0 unspecified atom stereocenters. The van der Waals surface area contributed by atoms with Crippen molar-refractivity contribution in [2.45, 2.75) is 0 Å². The van der Waals surface area contributed by atoms with E-state index in [-0.39, 0.29) is 0 Å². The molecule has 68 valence electrons. The summed E-state index contributed by atoms with van der Waals surface area (Å²) in [6.45, 7) is 0. The second kappa shape index (κ2) is 2.89. The van der Waals surface area contributed by atoms with Crippen molar-refractivity contribution in [1.29, 1.82) is 0 Å². The lowest BCUT2D eigenvalue weighted by atomic mass is 10.4. The SMILES string of the molecule is COc1cc2nnnn2cc1OC. The van der Waals surface area contributed by atoms with E-state index in [4.69, 9.17) is 9.47 Å². The highest BCUT2D eigenvalue weighted by atomic mass is 16.5. The molecule has 0 atom stereocenters. The summed E-state index contributed by atoms with van der Waals surface area (Å²) in [7, 11) is 3.13. The van der Waals surface area contributed by atoms with Crippen molar-refractivity contribution in [3.8, 4) is 11.5 Å². The van der Waals surface area contributed by atoms with Crippen LogP contribution in [0.2, 0.25) is 0 Å². The third-order valence-corrected chi connectivity index (χ3v) is 1.70. The summed E-state index contributed by atoms with van der Waals surface area (Å²) < 4.78 is 11.7. The van der Waals surface area contributed by atoms with Crippen molar-refractivity contribution in [3.05, 3.63) is 12.3 Å². The lowest BCUT2D eigenvalue weighted by Crippen LogP contribution is -1.95. The Labute approximate surface area is 74.1 Å². The van der Waals surface area contributed by atoms with Gasteiger partial charge in [0.25, 0.3) is 0 Å². The maximum atomic E-state index is 5.08. The first-order valence-corrected chi connectivity index (χ1v) is 3.65. The molecule has 0 aliphatic rings. The molecule has 13 heavy (non-hydrogen) atoms. The molecular weight excluding hydrogens is 172 g/mol. The smallest absolute Gasteiger partial charge is 0.183 e. The second-order valence-electron chi connectivity index (χ2n) is 2.39. The molecule has 0 fully saturated rings. The molecule has 2 rings (SSSR count). The number of rotatable bonds is 2. The van der Waals surface area contributed by atoms with Gasteiger partial charge in [0.15, 0.2) is 17.1 Å². The van der Waals surface area contributed by atoms with Gasteiger partial charge in [-0.05, 0) is 10.4 Å². The third kappa shape index (κ3) is 1.16. The van der Waals surface area contributed by atoms with Gasteiger partial charge in [-0.25, -0.2) is 0 Å². The molecule has 0 spiro atoms. The zero-order valence-electron chi connectivity index (χ0n) is 7.26. The molecule has 6 nitrogen and oxygen atoms in total. The van der Waals surface area contributed by atoms with E-state index >= 15 is 0 Å². The Morgan fingerprint density at radius 1 is 1.23 bits per heavy atom. The maximum Gasteiger partial charge on any atom is 0.183 e. The fourth-order valence-electron chi connectivity index (χ4n) is 1.06. The zero-order valence-corrected chi connectivity index (χ0v) is 7.26. The Balaban J connectivity index is 2.67. The summed E-state index contributed by atoms with van der Waals surface area (Å²) >= 11 is 0. The zero-order chi connectivity index (χ0) is 9.26. The number of fused-ring (bicyclic) bond motifs is 1. The first-order chi connectivity index (χ1) is 6.35. The first-order valence-electron chi connectivity index (χ1n) is 3.65. The van der Waals surface area contributed by atoms with E-state index < -0.39 is 0 Å². The molecule has 6 heteroatoms. The Morgan fingerprint density at radius 3 is 2.69 bits per heavy atom. The Kier molecular flexibility index (Phi) is 1.73. The molecule has 0 radical (unpaired) electrons. The van der Waals surface area contributed by atoms with E-state index in [1.807, 2.05) is 0 Å². The summed E-state index contributed by atoms with van der Waals surface area (Å²) in [5.74, 6) is 1.21. The summed E-state index contributed by atoms with van der Waals surface area (Å²) in [5, 5.41) is 11.0. The van der Waals surface area contributed by atoms with Crippen molar-refractivity contribution in [1.82, 2.24) is 20.0 Å². The minimum absolute atomic E-state index is 0.599. The molecule has 0 bridgehead atoms. The molecule has 2 aromatic heterocycles. The van der Waals surface area contributed by atoms with E-state index in [1.54, 1.807) is 26.5 Å². The summed E-state index contributed by atoms with van der Waals surface area (Å²) in [4.78, 5) is 0. The molecule has 0 saturated carbocycles. The van der Waals surface area contributed by atoms with Crippen molar-refractivity contribution >= 4 is 5.65 Å². The van der Waals surface area contributed by atoms with Crippen molar-refractivity contribution in [2.75, 3.05) is 14.2 Å². The van der Waals surface area contributed by atoms with Crippen LogP contribution in [0.5, 0.6) is 11.5 Å². The van der Waals surface area contributed by atoms with Gasteiger partial charge < -0.3 is 9.47 Å². The highest BCUT2D eigenvalue weighted by Gasteiger charge is 2.06. The maximum absolute atomic E-state index is 5.08. The predicted octanol–water partition coefficient (Wildman–Crippen LogP) is 0.141. The fourth-order valence-corrected chi connectivity index (χ4v) is 1.06. The second-order valence-corrected chi connectivity index (χ2v) is 2.39. The fraction of sp³-hybridized carbons (Fsp3) is 0.286. The van der Waals surface area contributed by atoms with E-state index in [2.05, 4.69) is 15.5 Å². The Morgan fingerprint density at radius 2 is 2.00 bits per heavy atom. The number of pyridine rings is 1. The van der Waals surface area contributed by atoms with Crippen LogP contribution in [-0.4, -0.2) is 34.3 Å². The minimum atomic E-state index is 0.599. The van der Waals surface area contributed by atoms with Crippen molar-refractivity contribution < 1.29 is 9.47 Å². The van der Waals surface area contributed by atoms with Gasteiger partial charge in [-0.1, -0.05) is 0 Å². The predicted molar refractivity (Wildman–Crippen MR) is 43.9 cm³/mol. The van der Waals surface area contributed by atoms with Gasteiger partial charge in [0.1, 0.15) is 0 Å². The van der Waals surface area contributed by atoms with Crippen LogP contribution in [0.3, 0.4) is 0 Å². The molecule has 0 amide bonds. The summed E-state index contributed by atoms with van der Waals surface area (Å²) in [5.41, 5.74) is 0.623. The van der Waals surface area contributed by atoms with Crippen LogP contribution in [0, 0.1) is 0 Å². The number of ether oxygens (including phenoxy) is 2. The van der Waals surface area contributed by atoms with Crippen LogP contribution in [0.4, 0.5) is 0 Å². The molecule has 0 aromatic carbocycles. The van der Waals surface area contributed by atoms with Crippen LogP contribution >= 0.6 is 0 Å². The lowest BCUT2D eigenvalue weighted by Gasteiger charge is -2.05. The number of hydrogen-bond donors (Lipinski definition) is 0. The van der Waals surface area contributed by atoms with E-state index in [1.165, 1.54) is 4.52 Å². The molecule has 2 aromatic rings. The number of nitrogens with zero attached hydrogens (tertiary/aromatic N) is 4. The van der Waals surface area contributed by atoms with Crippen LogP contribution in [-0.2, 0) is 0 Å². The van der Waals surface area contributed by atoms with Crippen LogP contribution in [0.15, 0.2) is 12.3 Å². The molecule has 2 heterocycles. The van der Waals surface area contributed by atoms with Crippen molar-refractivity contribution in [3.63, 3.8) is 0 Å². The van der Waals surface area contributed by atoms with Crippen LogP contribution < -0.4 is 9.47 Å². The topological polar surface area (TPSA) is 61.5 Å². The quantitative estimate of drug-likeness (QED) is 0.657. The summed E-state index contributed by atoms with van der Waals surface area (Å²) in [6.07, 6.45) is 1.66. The van der Waals surface area contributed by atoms with Gasteiger partial charge in [0, 0.05) is 6.07 Å². The number of methoxy groups -OCH3 is 2. The Bertz CT molecular complexity index is 387. The van der Waals surface area contributed by atoms with Crippen LogP contribution in [0.25, 0.3) is 5.65 Å².